The number of halogens is 1. The molecule has 0 aliphatic heterocycles. The number of hydrogen-bond donors (Lipinski definition) is 1. The van der Waals surface area contributed by atoms with Crippen LogP contribution in [0, 0.1) is 0 Å². The maximum Gasteiger partial charge on any atom is 0.271 e. The summed E-state index contributed by atoms with van der Waals surface area (Å²) >= 11 is 3.98. The molecular formula is C22H13BrN4O5S2. The third-order valence-electron chi connectivity index (χ3n) is 5.09. The molecule has 6 rings (SSSR count). The highest BCUT2D eigenvalue weighted by Gasteiger charge is 2.29. The smallest absolute Gasteiger partial charge is 0.271 e. The minimum absolute atomic E-state index is 0.0372. The normalized spacial score (nSPS) is 13.2. The molecule has 2 aromatic carbocycles. The molecule has 0 amide bonds. The van der Waals surface area contributed by atoms with Crippen molar-refractivity contribution in [3.05, 3.63) is 72.6 Å². The van der Waals surface area contributed by atoms with Crippen molar-refractivity contribution in [3.63, 3.8) is 0 Å². The van der Waals surface area contributed by atoms with Crippen LogP contribution >= 0.6 is 27.3 Å². The van der Waals surface area contributed by atoms with Crippen molar-refractivity contribution in [2.75, 3.05) is 0 Å². The van der Waals surface area contributed by atoms with Gasteiger partial charge in [-0.2, -0.15) is 4.72 Å². The number of aromatic nitrogens is 3. The molecule has 0 saturated carbocycles. The number of para-hydroxylation sites is 2. The first-order valence-electron chi connectivity index (χ1n) is 9.92. The molecule has 0 radical (unpaired) electrons. The van der Waals surface area contributed by atoms with Crippen molar-refractivity contribution in [1.82, 2.24) is 19.3 Å². The van der Waals surface area contributed by atoms with E-state index < -0.39 is 20.8 Å². The van der Waals surface area contributed by atoms with E-state index in [1.807, 2.05) is 36.4 Å². The predicted octanol–water partition coefficient (Wildman–Crippen LogP) is 4.83. The Hall–Kier alpha value is -3.32. The van der Waals surface area contributed by atoms with E-state index in [-0.39, 0.29) is 10.1 Å². The molecule has 0 spiro atoms. The van der Waals surface area contributed by atoms with Crippen LogP contribution in [0.5, 0.6) is 0 Å². The molecule has 0 bridgehead atoms. The summed E-state index contributed by atoms with van der Waals surface area (Å²) in [7, 11) is -4.11. The molecule has 4 aromatic heterocycles. The number of hydrogen-bond acceptors (Lipinski definition) is 8. The fourth-order valence-corrected chi connectivity index (χ4v) is 6.55. The molecule has 6 aromatic rings. The molecule has 34 heavy (non-hydrogen) atoms. The van der Waals surface area contributed by atoms with Gasteiger partial charge in [-0.05, 0) is 24.3 Å². The van der Waals surface area contributed by atoms with Crippen molar-refractivity contribution < 1.29 is 22.0 Å². The van der Waals surface area contributed by atoms with Crippen molar-refractivity contribution in [1.29, 1.82) is 0 Å². The number of carbonyl (C=O) groups excluding carboxylic acids is 1. The highest BCUT2D eigenvalue weighted by Crippen LogP contribution is 2.29. The fraction of sp³-hybridized carbons (Fsp3) is 0.0455. The second-order valence-corrected chi connectivity index (χ2v) is 11.1. The van der Waals surface area contributed by atoms with E-state index in [9.17, 15) is 13.2 Å². The fourth-order valence-electron chi connectivity index (χ4n) is 3.49. The van der Waals surface area contributed by atoms with Gasteiger partial charge in [-0.25, -0.2) is 17.9 Å². The van der Waals surface area contributed by atoms with Gasteiger partial charge in [0.15, 0.2) is 11.5 Å². The maximum absolute atomic E-state index is 12.9. The lowest BCUT2D eigenvalue weighted by Gasteiger charge is -2.08. The number of imidazole rings is 1. The van der Waals surface area contributed by atoms with Gasteiger partial charge in [0.25, 0.3) is 10.0 Å². The number of carbonyl (C=O) groups is 1. The summed E-state index contributed by atoms with van der Waals surface area (Å²) in [5.41, 5.74) is 1.80. The summed E-state index contributed by atoms with van der Waals surface area (Å²) in [6.07, 6.45) is 1.59. The Balaban J connectivity index is 1.24. The number of rotatable bonds is 6. The van der Waals surface area contributed by atoms with E-state index in [4.69, 9.17) is 8.83 Å². The Kier molecular flexibility index (Phi) is 4.92. The van der Waals surface area contributed by atoms with Crippen LogP contribution in [0.25, 0.3) is 38.4 Å². The molecule has 1 atom stereocenters. The number of nitrogens with one attached hydrogen (secondary N) is 1. The van der Waals surface area contributed by atoms with Gasteiger partial charge in [0.05, 0.1) is 6.20 Å². The lowest BCUT2D eigenvalue weighted by atomic mass is 10.2. The van der Waals surface area contributed by atoms with Gasteiger partial charge in [0, 0.05) is 10.8 Å². The summed E-state index contributed by atoms with van der Waals surface area (Å²) in [6.45, 7) is 0. The third-order valence-corrected chi connectivity index (χ3v) is 8.75. The molecule has 0 aliphatic rings. The van der Waals surface area contributed by atoms with Gasteiger partial charge in [-0.1, -0.05) is 63.7 Å². The Morgan fingerprint density at radius 3 is 2.38 bits per heavy atom. The van der Waals surface area contributed by atoms with Crippen LogP contribution < -0.4 is 4.72 Å². The summed E-state index contributed by atoms with van der Waals surface area (Å²) < 4.78 is 40.5. The zero-order chi connectivity index (χ0) is 23.4. The van der Waals surface area contributed by atoms with Gasteiger partial charge >= 0.3 is 0 Å². The maximum atomic E-state index is 12.9. The van der Waals surface area contributed by atoms with Crippen molar-refractivity contribution in [2.45, 2.75) is 9.29 Å². The van der Waals surface area contributed by atoms with E-state index in [0.29, 0.717) is 22.0 Å². The van der Waals surface area contributed by atoms with Gasteiger partial charge in [0.1, 0.15) is 21.8 Å². The van der Waals surface area contributed by atoms with Crippen LogP contribution in [0.3, 0.4) is 0 Å². The molecule has 12 heteroatoms. The predicted molar refractivity (Wildman–Crippen MR) is 130 cm³/mol. The van der Waals surface area contributed by atoms with Crippen LogP contribution in [0.2, 0.25) is 0 Å². The van der Waals surface area contributed by atoms with Crippen LogP contribution in [0.1, 0.15) is 10.6 Å². The highest BCUT2D eigenvalue weighted by atomic mass is 79.9. The minimum atomic E-state index is -4.11. The summed E-state index contributed by atoms with van der Waals surface area (Å²) in [5, 5.41) is 5.81. The monoisotopic (exact) mass is 556 g/mol. The van der Waals surface area contributed by atoms with Crippen molar-refractivity contribution >= 4 is 70.0 Å². The zero-order valence-corrected chi connectivity index (χ0v) is 20.2. The van der Waals surface area contributed by atoms with Gasteiger partial charge in [-0.3, -0.25) is 4.79 Å². The van der Waals surface area contributed by atoms with Crippen LogP contribution in [0.4, 0.5) is 0 Å². The molecular weight excluding hydrogens is 544 g/mol. The van der Waals surface area contributed by atoms with E-state index >= 15 is 0 Å². The number of ketones is 1. The number of sulfonamides is 1. The van der Waals surface area contributed by atoms with E-state index in [1.165, 1.54) is 4.52 Å². The van der Waals surface area contributed by atoms with Crippen LogP contribution in [-0.4, -0.2) is 33.8 Å². The summed E-state index contributed by atoms with van der Waals surface area (Å²) in [5.74, 6) is 0.0295. The molecule has 0 fully saturated rings. The van der Waals surface area contributed by atoms with E-state index in [1.54, 1.807) is 30.5 Å². The lowest BCUT2D eigenvalue weighted by Crippen LogP contribution is -2.36. The largest absolute Gasteiger partial charge is 0.454 e. The molecule has 0 saturated heterocycles. The number of Topliss-reactive ketones (excluding diaryl/α,β-unsaturated/α-hetero) is 1. The topological polar surface area (TPSA) is 120 Å². The van der Waals surface area contributed by atoms with Crippen LogP contribution in [0.15, 0.2) is 80.0 Å². The highest BCUT2D eigenvalue weighted by molar-refractivity contribution is 9.10. The molecule has 170 valence electrons. The average Bonchev–Trinajstić information content (AvgIpc) is 3.58. The number of furan rings is 2. The van der Waals surface area contributed by atoms with Crippen LogP contribution in [-0.2, 0) is 10.0 Å². The zero-order valence-electron chi connectivity index (χ0n) is 17.0. The summed E-state index contributed by atoms with van der Waals surface area (Å²) in [6, 6.07) is 18.1. The van der Waals surface area contributed by atoms with E-state index in [2.05, 4.69) is 30.7 Å². The molecule has 0 aliphatic carbocycles. The second-order valence-electron chi connectivity index (χ2n) is 7.37. The number of fused-ring (bicyclic) bond motifs is 3. The average molecular weight is 557 g/mol. The Morgan fingerprint density at radius 1 is 1.03 bits per heavy atom. The number of nitrogens with zero attached hydrogens (tertiary/aromatic N) is 3. The summed E-state index contributed by atoms with van der Waals surface area (Å²) in [4.78, 5) is 16.3. The number of alkyl halides is 1. The van der Waals surface area contributed by atoms with Gasteiger partial charge < -0.3 is 8.83 Å². The van der Waals surface area contributed by atoms with Crippen molar-refractivity contribution in [2.24, 2.45) is 0 Å². The quantitative estimate of drug-likeness (QED) is 0.177. The molecule has 4 heterocycles. The molecule has 1 unspecified atom stereocenters. The first kappa shape index (κ1) is 21.2. The third kappa shape index (κ3) is 3.64. The second kappa shape index (κ2) is 7.87. The lowest BCUT2D eigenvalue weighted by molar-refractivity contribution is 0.0963. The van der Waals surface area contributed by atoms with Gasteiger partial charge in [-0.15, -0.1) is 5.10 Å². The first-order valence-corrected chi connectivity index (χ1v) is 13.1. The van der Waals surface area contributed by atoms with Crippen molar-refractivity contribution in [3.8, 4) is 11.5 Å². The Bertz CT molecular complexity index is 1720. The van der Waals surface area contributed by atoms with E-state index in [0.717, 1.165) is 27.7 Å². The number of benzene rings is 2. The minimum Gasteiger partial charge on any atom is -0.454 e. The Morgan fingerprint density at radius 2 is 1.71 bits per heavy atom. The standard InChI is InChI=1S/C22H13BrN4O5S2/c23-20(19(28)18-10-13-6-2-4-8-16(13)32-18)26-34(29,30)22-25-27-11-14(24-21(27)33-22)17-9-12-5-1-3-7-15(12)31-17/h1-11,20,26H. The SMILES string of the molecule is O=C(c1cc2ccccc2o1)C(Br)NS(=O)(=O)c1nn2cc(-c3cc4ccccc4o3)nc2s1. The first-order chi connectivity index (χ1) is 16.4. The molecule has 1 N–H and O–H groups in total. The molecule has 9 nitrogen and oxygen atoms in total. The van der Waals surface area contributed by atoms with Gasteiger partial charge in [0.2, 0.25) is 15.1 Å². The Labute approximate surface area is 204 Å².